The zero-order chi connectivity index (χ0) is 9.97. The molecule has 0 aliphatic rings. The standard InChI is InChI=1S/C10H11N3O/c1-12-7-5-11-9(12)8-13-6-3-2-4-10(13)14/h2-7H,8H2,1H3. The molecule has 0 atom stereocenters. The van der Waals surface area contributed by atoms with E-state index >= 15 is 0 Å². The van der Waals surface area contributed by atoms with Crippen LogP contribution in [0.1, 0.15) is 5.82 Å². The van der Waals surface area contributed by atoms with E-state index in [4.69, 9.17) is 0 Å². The molecule has 2 aromatic rings. The fourth-order valence-electron chi connectivity index (χ4n) is 1.29. The van der Waals surface area contributed by atoms with Crippen molar-refractivity contribution >= 4 is 0 Å². The summed E-state index contributed by atoms with van der Waals surface area (Å²) in [5.74, 6) is 0.873. The Morgan fingerprint density at radius 1 is 1.36 bits per heavy atom. The summed E-state index contributed by atoms with van der Waals surface area (Å²) in [6.07, 6.45) is 5.35. The molecule has 0 saturated carbocycles. The predicted molar refractivity (Wildman–Crippen MR) is 53.0 cm³/mol. The highest BCUT2D eigenvalue weighted by atomic mass is 16.1. The van der Waals surface area contributed by atoms with Crippen LogP contribution in [0.2, 0.25) is 0 Å². The second kappa shape index (κ2) is 3.49. The van der Waals surface area contributed by atoms with Gasteiger partial charge in [-0.15, -0.1) is 0 Å². The number of imidazole rings is 1. The number of aromatic nitrogens is 3. The lowest BCUT2D eigenvalue weighted by Crippen LogP contribution is -2.19. The van der Waals surface area contributed by atoms with Crippen molar-refractivity contribution in [1.82, 2.24) is 14.1 Å². The van der Waals surface area contributed by atoms with Crippen molar-refractivity contribution in [3.63, 3.8) is 0 Å². The molecular weight excluding hydrogens is 178 g/mol. The molecule has 0 aliphatic carbocycles. The van der Waals surface area contributed by atoms with Gasteiger partial charge in [-0.3, -0.25) is 4.79 Å². The number of pyridine rings is 1. The van der Waals surface area contributed by atoms with E-state index < -0.39 is 0 Å². The third-order valence-electron chi connectivity index (χ3n) is 2.13. The average molecular weight is 189 g/mol. The van der Waals surface area contributed by atoms with Crippen molar-refractivity contribution in [3.8, 4) is 0 Å². The SMILES string of the molecule is Cn1ccnc1Cn1ccccc1=O. The maximum absolute atomic E-state index is 11.4. The average Bonchev–Trinajstić information content (AvgIpc) is 2.56. The van der Waals surface area contributed by atoms with E-state index in [-0.39, 0.29) is 5.56 Å². The van der Waals surface area contributed by atoms with Gasteiger partial charge in [0.2, 0.25) is 0 Å². The number of nitrogens with zero attached hydrogens (tertiary/aromatic N) is 3. The molecule has 2 aromatic heterocycles. The van der Waals surface area contributed by atoms with Gasteiger partial charge in [0.25, 0.3) is 5.56 Å². The Bertz CT molecular complexity index is 484. The van der Waals surface area contributed by atoms with Gasteiger partial charge in [0.1, 0.15) is 5.82 Å². The van der Waals surface area contributed by atoms with E-state index in [1.807, 2.05) is 23.9 Å². The molecule has 0 aromatic carbocycles. The summed E-state index contributed by atoms with van der Waals surface area (Å²) in [5.41, 5.74) is -0.00417. The summed E-state index contributed by atoms with van der Waals surface area (Å²) in [6, 6.07) is 5.12. The molecule has 0 bridgehead atoms. The van der Waals surface area contributed by atoms with E-state index in [0.29, 0.717) is 6.54 Å². The lowest BCUT2D eigenvalue weighted by Gasteiger charge is -2.04. The largest absolute Gasteiger partial charge is 0.337 e. The highest BCUT2D eigenvalue weighted by molar-refractivity contribution is 4.98. The lowest BCUT2D eigenvalue weighted by molar-refractivity contribution is 0.679. The van der Waals surface area contributed by atoms with Crippen molar-refractivity contribution in [2.24, 2.45) is 7.05 Å². The monoisotopic (exact) mass is 189 g/mol. The molecule has 0 saturated heterocycles. The highest BCUT2D eigenvalue weighted by Gasteiger charge is 2.00. The first-order valence-electron chi connectivity index (χ1n) is 4.39. The third kappa shape index (κ3) is 1.59. The smallest absolute Gasteiger partial charge is 0.250 e. The molecule has 0 unspecified atom stereocenters. The van der Waals surface area contributed by atoms with Crippen LogP contribution in [0.5, 0.6) is 0 Å². The Hall–Kier alpha value is -1.84. The Morgan fingerprint density at radius 3 is 2.86 bits per heavy atom. The van der Waals surface area contributed by atoms with Gasteiger partial charge in [0, 0.05) is 31.7 Å². The van der Waals surface area contributed by atoms with Crippen LogP contribution in [0.3, 0.4) is 0 Å². The molecule has 0 fully saturated rings. The molecule has 0 spiro atoms. The summed E-state index contributed by atoms with van der Waals surface area (Å²) >= 11 is 0. The zero-order valence-electron chi connectivity index (χ0n) is 7.92. The molecule has 4 heteroatoms. The third-order valence-corrected chi connectivity index (χ3v) is 2.13. The Morgan fingerprint density at radius 2 is 2.21 bits per heavy atom. The summed E-state index contributed by atoms with van der Waals surface area (Å²) in [5, 5.41) is 0. The van der Waals surface area contributed by atoms with Crippen molar-refractivity contribution in [2.45, 2.75) is 6.54 Å². The van der Waals surface area contributed by atoms with Crippen LogP contribution in [0.4, 0.5) is 0 Å². The Kier molecular flexibility index (Phi) is 2.18. The minimum absolute atomic E-state index is 0.00417. The van der Waals surface area contributed by atoms with E-state index in [2.05, 4.69) is 4.98 Å². The topological polar surface area (TPSA) is 39.8 Å². The van der Waals surface area contributed by atoms with Gasteiger partial charge in [-0.1, -0.05) is 6.07 Å². The van der Waals surface area contributed by atoms with Crippen LogP contribution in [0, 0.1) is 0 Å². The first-order valence-corrected chi connectivity index (χ1v) is 4.39. The first-order chi connectivity index (χ1) is 6.77. The van der Waals surface area contributed by atoms with Gasteiger partial charge in [-0.05, 0) is 6.07 Å². The normalized spacial score (nSPS) is 10.4. The summed E-state index contributed by atoms with van der Waals surface area (Å²) in [7, 11) is 1.91. The molecule has 0 amide bonds. The Labute approximate surface area is 81.4 Å². The van der Waals surface area contributed by atoms with Crippen LogP contribution < -0.4 is 5.56 Å². The fraction of sp³-hybridized carbons (Fsp3) is 0.200. The van der Waals surface area contributed by atoms with E-state index in [0.717, 1.165) is 5.82 Å². The fourth-order valence-corrected chi connectivity index (χ4v) is 1.29. The Balaban J connectivity index is 2.32. The summed E-state index contributed by atoms with van der Waals surface area (Å²) in [6.45, 7) is 0.517. The molecule has 2 heterocycles. The zero-order valence-corrected chi connectivity index (χ0v) is 7.92. The van der Waals surface area contributed by atoms with Gasteiger partial charge in [-0.25, -0.2) is 4.98 Å². The van der Waals surface area contributed by atoms with Crippen LogP contribution in [-0.4, -0.2) is 14.1 Å². The van der Waals surface area contributed by atoms with E-state index in [9.17, 15) is 4.79 Å². The van der Waals surface area contributed by atoms with Crippen LogP contribution >= 0.6 is 0 Å². The number of aryl methyl sites for hydroxylation is 1. The van der Waals surface area contributed by atoms with Crippen LogP contribution in [0.25, 0.3) is 0 Å². The summed E-state index contributed by atoms with van der Waals surface area (Å²) in [4.78, 5) is 15.5. The predicted octanol–water partition coefficient (Wildman–Crippen LogP) is 0.630. The molecule has 72 valence electrons. The minimum atomic E-state index is -0.00417. The van der Waals surface area contributed by atoms with Crippen LogP contribution in [0.15, 0.2) is 41.6 Å². The lowest BCUT2D eigenvalue weighted by atomic mass is 10.4. The molecule has 2 rings (SSSR count). The van der Waals surface area contributed by atoms with Gasteiger partial charge >= 0.3 is 0 Å². The molecule has 14 heavy (non-hydrogen) atoms. The van der Waals surface area contributed by atoms with Gasteiger partial charge in [-0.2, -0.15) is 0 Å². The summed E-state index contributed by atoms with van der Waals surface area (Å²) < 4.78 is 3.53. The first kappa shape index (κ1) is 8.74. The highest BCUT2D eigenvalue weighted by Crippen LogP contribution is 1.96. The molecule has 0 aliphatic heterocycles. The van der Waals surface area contributed by atoms with E-state index in [1.165, 1.54) is 0 Å². The molecule has 4 nitrogen and oxygen atoms in total. The minimum Gasteiger partial charge on any atom is -0.337 e. The van der Waals surface area contributed by atoms with Gasteiger partial charge in [0.05, 0.1) is 6.54 Å². The number of rotatable bonds is 2. The second-order valence-corrected chi connectivity index (χ2v) is 3.12. The van der Waals surface area contributed by atoms with Crippen molar-refractivity contribution in [1.29, 1.82) is 0 Å². The van der Waals surface area contributed by atoms with E-state index in [1.54, 1.807) is 29.1 Å². The van der Waals surface area contributed by atoms with Gasteiger partial charge < -0.3 is 9.13 Å². The maximum Gasteiger partial charge on any atom is 0.250 e. The second-order valence-electron chi connectivity index (χ2n) is 3.12. The molecule has 0 radical (unpaired) electrons. The van der Waals surface area contributed by atoms with Crippen LogP contribution in [-0.2, 0) is 13.6 Å². The maximum atomic E-state index is 11.4. The number of hydrogen-bond acceptors (Lipinski definition) is 2. The van der Waals surface area contributed by atoms with Crippen molar-refractivity contribution in [2.75, 3.05) is 0 Å². The number of hydrogen-bond donors (Lipinski definition) is 0. The molecule has 0 N–H and O–H groups in total. The quantitative estimate of drug-likeness (QED) is 0.695. The van der Waals surface area contributed by atoms with Crippen molar-refractivity contribution in [3.05, 3.63) is 53.0 Å². The molecular formula is C10H11N3O. The van der Waals surface area contributed by atoms with Gasteiger partial charge in [0.15, 0.2) is 0 Å². The van der Waals surface area contributed by atoms with Crippen molar-refractivity contribution < 1.29 is 0 Å².